The van der Waals surface area contributed by atoms with E-state index < -0.39 is 0 Å². The Morgan fingerprint density at radius 2 is 2.42 bits per heavy atom. The van der Waals surface area contributed by atoms with Crippen molar-refractivity contribution in [1.82, 2.24) is 19.9 Å². The van der Waals surface area contributed by atoms with Crippen LogP contribution in [0.3, 0.4) is 0 Å². The van der Waals surface area contributed by atoms with Crippen LogP contribution in [0.15, 0.2) is 6.33 Å². The molecular weight excluding hydrogens is 244 g/mol. The molecule has 2 aromatic rings. The Hall–Kier alpha value is -1.89. The summed E-state index contributed by atoms with van der Waals surface area (Å²) in [4.78, 5) is 17.9. The molecule has 0 radical (unpaired) electrons. The predicted octanol–water partition coefficient (Wildman–Crippen LogP) is 0.940. The van der Waals surface area contributed by atoms with E-state index in [4.69, 9.17) is 10.5 Å². The Bertz CT molecular complexity index is 562. The third kappa shape index (κ3) is 2.33. The summed E-state index contributed by atoms with van der Waals surface area (Å²) >= 11 is 0. The van der Waals surface area contributed by atoms with Crippen LogP contribution < -0.4 is 10.6 Å². The lowest BCUT2D eigenvalue weighted by molar-refractivity contribution is 0.115. The Morgan fingerprint density at radius 1 is 1.53 bits per heavy atom. The number of aromatic nitrogens is 4. The largest absolute Gasteiger partial charge is 0.376 e. The standard InChI is InChI=1S/C12H18N6O/c1-2-18(6-8-4-3-5-19-8)11-9-10(15-7-14-9)16-12(13)17-11/h7-8H,2-6H2,1H3,(H3,13,14,15,16,17). The van der Waals surface area contributed by atoms with E-state index in [0.717, 1.165) is 43.9 Å². The van der Waals surface area contributed by atoms with E-state index in [1.807, 2.05) is 0 Å². The number of hydrogen-bond acceptors (Lipinski definition) is 6. The molecule has 3 N–H and O–H groups in total. The minimum atomic E-state index is 0.250. The number of H-pyrrole nitrogens is 1. The molecule has 2 aromatic heterocycles. The zero-order valence-electron chi connectivity index (χ0n) is 11.0. The van der Waals surface area contributed by atoms with Gasteiger partial charge in [-0.1, -0.05) is 0 Å². The Kier molecular flexibility index (Phi) is 3.20. The fraction of sp³-hybridized carbons (Fsp3) is 0.583. The molecule has 1 fully saturated rings. The number of anilines is 2. The number of ether oxygens (including phenoxy) is 1. The average molecular weight is 262 g/mol. The number of fused-ring (bicyclic) bond motifs is 1. The van der Waals surface area contributed by atoms with E-state index in [2.05, 4.69) is 31.8 Å². The maximum absolute atomic E-state index is 5.75. The van der Waals surface area contributed by atoms with Crippen LogP contribution in [0.1, 0.15) is 19.8 Å². The number of aromatic amines is 1. The molecule has 0 aliphatic carbocycles. The summed E-state index contributed by atoms with van der Waals surface area (Å²) < 4.78 is 5.69. The minimum Gasteiger partial charge on any atom is -0.376 e. The van der Waals surface area contributed by atoms with Gasteiger partial charge in [-0.05, 0) is 19.8 Å². The fourth-order valence-electron chi connectivity index (χ4n) is 2.46. The van der Waals surface area contributed by atoms with Gasteiger partial charge in [0.15, 0.2) is 11.5 Å². The highest BCUT2D eigenvalue weighted by molar-refractivity contribution is 5.84. The van der Waals surface area contributed by atoms with Crippen molar-refractivity contribution in [3.05, 3.63) is 6.33 Å². The maximum Gasteiger partial charge on any atom is 0.224 e. The van der Waals surface area contributed by atoms with Gasteiger partial charge in [0.25, 0.3) is 0 Å². The van der Waals surface area contributed by atoms with Gasteiger partial charge < -0.3 is 20.4 Å². The van der Waals surface area contributed by atoms with Crippen LogP contribution >= 0.6 is 0 Å². The Balaban J connectivity index is 1.93. The molecule has 102 valence electrons. The molecular formula is C12H18N6O. The second kappa shape index (κ2) is 5.00. The SMILES string of the molecule is CCN(CC1CCCO1)c1nc(N)nc2nc[nH]c12. The zero-order chi connectivity index (χ0) is 13.2. The van der Waals surface area contributed by atoms with Gasteiger partial charge in [-0.2, -0.15) is 9.97 Å². The van der Waals surface area contributed by atoms with Crippen LogP contribution in [0.25, 0.3) is 11.2 Å². The number of imidazole rings is 1. The Morgan fingerprint density at radius 3 is 3.16 bits per heavy atom. The van der Waals surface area contributed by atoms with Crippen molar-refractivity contribution in [2.75, 3.05) is 30.3 Å². The van der Waals surface area contributed by atoms with Gasteiger partial charge in [0.2, 0.25) is 5.95 Å². The van der Waals surface area contributed by atoms with Crippen molar-refractivity contribution in [2.24, 2.45) is 0 Å². The van der Waals surface area contributed by atoms with E-state index in [-0.39, 0.29) is 12.1 Å². The summed E-state index contributed by atoms with van der Waals surface area (Å²) in [5.74, 6) is 1.05. The molecule has 7 heteroatoms. The topological polar surface area (TPSA) is 92.9 Å². The smallest absolute Gasteiger partial charge is 0.224 e. The number of likely N-dealkylation sites (N-methyl/N-ethyl adjacent to an activating group) is 1. The third-order valence-corrected chi connectivity index (χ3v) is 3.41. The highest BCUT2D eigenvalue weighted by Crippen LogP contribution is 2.23. The molecule has 19 heavy (non-hydrogen) atoms. The summed E-state index contributed by atoms with van der Waals surface area (Å²) in [6, 6.07) is 0. The van der Waals surface area contributed by atoms with Crippen molar-refractivity contribution >= 4 is 22.9 Å². The highest BCUT2D eigenvalue weighted by Gasteiger charge is 2.21. The molecule has 0 amide bonds. The first kappa shape index (κ1) is 12.2. The van der Waals surface area contributed by atoms with Gasteiger partial charge in [0, 0.05) is 19.7 Å². The predicted molar refractivity (Wildman–Crippen MR) is 73.0 cm³/mol. The minimum absolute atomic E-state index is 0.250. The molecule has 1 unspecified atom stereocenters. The van der Waals surface area contributed by atoms with Crippen LogP contribution in [0, 0.1) is 0 Å². The molecule has 3 heterocycles. The quantitative estimate of drug-likeness (QED) is 0.851. The normalized spacial score (nSPS) is 19.1. The number of nitrogens with zero attached hydrogens (tertiary/aromatic N) is 4. The van der Waals surface area contributed by atoms with Crippen LogP contribution in [-0.4, -0.2) is 45.7 Å². The van der Waals surface area contributed by atoms with Gasteiger partial charge >= 0.3 is 0 Å². The molecule has 0 bridgehead atoms. The number of nitrogens with one attached hydrogen (secondary N) is 1. The van der Waals surface area contributed by atoms with Crippen LogP contribution in [0.5, 0.6) is 0 Å². The fourth-order valence-corrected chi connectivity index (χ4v) is 2.46. The van der Waals surface area contributed by atoms with Gasteiger partial charge in [0.05, 0.1) is 12.4 Å². The molecule has 1 aliphatic heterocycles. The summed E-state index contributed by atoms with van der Waals surface area (Å²) in [6.07, 6.45) is 4.12. The first-order chi connectivity index (χ1) is 9.28. The molecule has 1 saturated heterocycles. The molecule has 0 spiro atoms. The number of rotatable bonds is 4. The molecule has 1 atom stereocenters. The van der Waals surface area contributed by atoms with E-state index >= 15 is 0 Å². The average Bonchev–Trinajstić information content (AvgIpc) is 3.05. The first-order valence-electron chi connectivity index (χ1n) is 6.61. The van der Waals surface area contributed by atoms with Gasteiger partial charge in [-0.3, -0.25) is 0 Å². The lowest BCUT2D eigenvalue weighted by Crippen LogP contribution is -2.33. The molecule has 3 rings (SSSR count). The van der Waals surface area contributed by atoms with E-state index in [9.17, 15) is 0 Å². The van der Waals surface area contributed by atoms with Crippen molar-refractivity contribution in [1.29, 1.82) is 0 Å². The lowest BCUT2D eigenvalue weighted by atomic mass is 10.2. The second-order valence-corrected chi connectivity index (χ2v) is 4.68. The Labute approximate surface area is 111 Å². The molecule has 7 nitrogen and oxygen atoms in total. The summed E-state index contributed by atoms with van der Waals surface area (Å²) in [5.41, 5.74) is 7.18. The van der Waals surface area contributed by atoms with E-state index in [1.165, 1.54) is 0 Å². The zero-order valence-corrected chi connectivity index (χ0v) is 11.0. The van der Waals surface area contributed by atoms with E-state index in [0.29, 0.717) is 5.65 Å². The summed E-state index contributed by atoms with van der Waals surface area (Å²) in [6.45, 7) is 4.61. The summed E-state index contributed by atoms with van der Waals surface area (Å²) in [5, 5.41) is 0. The van der Waals surface area contributed by atoms with Crippen molar-refractivity contribution in [2.45, 2.75) is 25.9 Å². The lowest BCUT2D eigenvalue weighted by Gasteiger charge is -2.25. The van der Waals surface area contributed by atoms with Crippen molar-refractivity contribution in [3.8, 4) is 0 Å². The first-order valence-corrected chi connectivity index (χ1v) is 6.61. The number of nitrogen functional groups attached to an aromatic ring is 1. The van der Waals surface area contributed by atoms with Crippen molar-refractivity contribution in [3.63, 3.8) is 0 Å². The number of hydrogen-bond donors (Lipinski definition) is 2. The maximum atomic E-state index is 5.75. The van der Waals surface area contributed by atoms with Gasteiger partial charge in [-0.25, -0.2) is 4.98 Å². The highest BCUT2D eigenvalue weighted by atomic mass is 16.5. The van der Waals surface area contributed by atoms with Crippen molar-refractivity contribution < 1.29 is 4.74 Å². The monoisotopic (exact) mass is 262 g/mol. The summed E-state index contributed by atoms with van der Waals surface area (Å²) in [7, 11) is 0. The van der Waals surface area contributed by atoms with Gasteiger partial charge in [-0.15, -0.1) is 0 Å². The number of nitrogens with two attached hydrogens (primary N) is 1. The third-order valence-electron chi connectivity index (χ3n) is 3.41. The second-order valence-electron chi connectivity index (χ2n) is 4.68. The van der Waals surface area contributed by atoms with Gasteiger partial charge in [0.1, 0.15) is 5.52 Å². The van der Waals surface area contributed by atoms with E-state index in [1.54, 1.807) is 6.33 Å². The molecule has 1 aliphatic rings. The molecule has 0 saturated carbocycles. The van der Waals surface area contributed by atoms with Crippen LogP contribution in [0.4, 0.5) is 11.8 Å². The van der Waals surface area contributed by atoms with Crippen LogP contribution in [-0.2, 0) is 4.74 Å². The van der Waals surface area contributed by atoms with Crippen LogP contribution in [0.2, 0.25) is 0 Å². The molecule has 0 aromatic carbocycles.